The first-order valence-electron chi connectivity index (χ1n) is 6.49. The van der Waals surface area contributed by atoms with Crippen LogP contribution in [-0.2, 0) is 4.79 Å². The second kappa shape index (κ2) is 4.96. The molecule has 0 unspecified atom stereocenters. The Kier molecular flexibility index (Phi) is 3.31. The highest BCUT2D eigenvalue weighted by atomic mass is 79.9. The minimum atomic E-state index is -0.108. The molecule has 19 heavy (non-hydrogen) atoms. The number of hydrogen-bond donors (Lipinski definition) is 1. The molecule has 0 bridgehead atoms. The smallest absolute Gasteiger partial charge is 0.251 e. The summed E-state index contributed by atoms with van der Waals surface area (Å²) >= 11 is 3.34. The molecule has 2 fully saturated rings. The number of benzene rings is 1. The number of rotatable bonds is 3. The molecule has 2 amide bonds. The molecule has 1 heterocycles. The van der Waals surface area contributed by atoms with Gasteiger partial charge in [0.15, 0.2) is 0 Å². The Hall–Kier alpha value is -1.36. The van der Waals surface area contributed by atoms with Crippen molar-refractivity contribution in [1.29, 1.82) is 0 Å². The van der Waals surface area contributed by atoms with Gasteiger partial charge >= 0.3 is 0 Å². The van der Waals surface area contributed by atoms with Crippen molar-refractivity contribution in [3.05, 3.63) is 34.3 Å². The van der Waals surface area contributed by atoms with Crippen LogP contribution < -0.4 is 5.32 Å². The lowest BCUT2D eigenvalue weighted by Crippen LogP contribution is -2.37. The molecule has 1 aliphatic heterocycles. The highest BCUT2D eigenvalue weighted by molar-refractivity contribution is 9.10. The number of hydrogen-bond acceptors (Lipinski definition) is 2. The fraction of sp³-hybridized carbons (Fsp3) is 0.429. The van der Waals surface area contributed by atoms with Crippen LogP contribution in [0.25, 0.3) is 0 Å². The zero-order valence-corrected chi connectivity index (χ0v) is 12.0. The number of halogens is 1. The highest BCUT2D eigenvalue weighted by Crippen LogP contribution is 2.30. The van der Waals surface area contributed by atoms with Gasteiger partial charge in [0, 0.05) is 29.0 Å². The first-order valence-corrected chi connectivity index (χ1v) is 7.28. The van der Waals surface area contributed by atoms with Gasteiger partial charge in [0.2, 0.25) is 5.91 Å². The van der Waals surface area contributed by atoms with Gasteiger partial charge in [0.1, 0.15) is 0 Å². The molecule has 1 aromatic carbocycles. The van der Waals surface area contributed by atoms with Gasteiger partial charge in [-0.05, 0) is 37.1 Å². The first-order chi connectivity index (χ1) is 9.13. The third-order valence-electron chi connectivity index (χ3n) is 3.59. The molecule has 1 aromatic rings. The minimum absolute atomic E-state index is 0.0516. The third kappa shape index (κ3) is 2.81. The number of likely N-dealkylation sites (tertiary alicyclic amines) is 1. The van der Waals surface area contributed by atoms with Crippen molar-refractivity contribution in [3.8, 4) is 0 Å². The zero-order valence-electron chi connectivity index (χ0n) is 10.4. The van der Waals surface area contributed by atoms with Crippen molar-refractivity contribution in [2.45, 2.75) is 31.3 Å². The highest BCUT2D eigenvalue weighted by Gasteiger charge is 2.39. The fourth-order valence-corrected chi connectivity index (χ4v) is 2.70. The molecule has 1 N–H and O–H groups in total. The van der Waals surface area contributed by atoms with E-state index in [4.69, 9.17) is 0 Å². The van der Waals surface area contributed by atoms with Crippen LogP contribution in [0.3, 0.4) is 0 Å². The number of nitrogens with zero attached hydrogens (tertiary/aromatic N) is 1. The molecule has 1 aliphatic carbocycles. The lowest BCUT2D eigenvalue weighted by atomic mass is 10.2. The quantitative estimate of drug-likeness (QED) is 0.924. The Balaban J connectivity index is 1.61. The van der Waals surface area contributed by atoms with Gasteiger partial charge in [-0.15, -0.1) is 0 Å². The van der Waals surface area contributed by atoms with E-state index >= 15 is 0 Å². The van der Waals surface area contributed by atoms with E-state index in [1.165, 1.54) is 0 Å². The van der Waals surface area contributed by atoms with E-state index in [0.29, 0.717) is 24.6 Å². The molecule has 2 aliphatic rings. The molecule has 0 aromatic heterocycles. The Labute approximate surface area is 120 Å². The second-order valence-electron chi connectivity index (χ2n) is 5.16. The van der Waals surface area contributed by atoms with Crippen LogP contribution in [0, 0.1) is 0 Å². The van der Waals surface area contributed by atoms with E-state index in [0.717, 1.165) is 17.3 Å². The van der Waals surface area contributed by atoms with Crippen molar-refractivity contribution in [2.24, 2.45) is 0 Å². The van der Waals surface area contributed by atoms with Gasteiger partial charge in [-0.25, -0.2) is 0 Å². The molecule has 100 valence electrons. The summed E-state index contributed by atoms with van der Waals surface area (Å²) in [5, 5.41) is 2.94. The summed E-state index contributed by atoms with van der Waals surface area (Å²) in [5.74, 6) is 0.0616. The summed E-state index contributed by atoms with van der Waals surface area (Å²) in [6.07, 6.45) is 2.65. The number of amides is 2. The summed E-state index contributed by atoms with van der Waals surface area (Å²) in [5.41, 5.74) is 0.625. The maximum atomic E-state index is 12.1. The molecule has 4 nitrogen and oxygen atoms in total. The van der Waals surface area contributed by atoms with Gasteiger partial charge in [0.05, 0.1) is 6.04 Å². The Morgan fingerprint density at radius 3 is 2.58 bits per heavy atom. The molecule has 1 saturated carbocycles. The monoisotopic (exact) mass is 322 g/mol. The summed E-state index contributed by atoms with van der Waals surface area (Å²) in [6, 6.07) is 7.60. The third-order valence-corrected chi connectivity index (χ3v) is 4.12. The minimum Gasteiger partial charge on any atom is -0.347 e. The van der Waals surface area contributed by atoms with Crippen molar-refractivity contribution in [3.63, 3.8) is 0 Å². The fourth-order valence-electron chi connectivity index (χ4n) is 2.44. The molecular formula is C14H15BrN2O2. The van der Waals surface area contributed by atoms with Crippen LogP contribution in [0.5, 0.6) is 0 Å². The molecule has 0 radical (unpaired) electrons. The van der Waals surface area contributed by atoms with Crippen LogP contribution >= 0.6 is 15.9 Å². The van der Waals surface area contributed by atoms with E-state index < -0.39 is 0 Å². The molecule has 1 atom stereocenters. The molecular weight excluding hydrogens is 308 g/mol. The van der Waals surface area contributed by atoms with Crippen LogP contribution in [0.2, 0.25) is 0 Å². The maximum Gasteiger partial charge on any atom is 0.251 e. The van der Waals surface area contributed by atoms with Gasteiger partial charge in [-0.3, -0.25) is 9.59 Å². The SMILES string of the molecule is O=C(N[C@@H]1CC(=O)N(C2CC2)C1)c1ccc(Br)cc1. The second-order valence-corrected chi connectivity index (χ2v) is 6.07. The summed E-state index contributed by atoms with van der Waals surface area (Å²) < 4.78 is 0.944. The summed E-state index contributed by atoms with van der Waals surface area (Å²) in [7, 11) is 0. The molecule has 1 saturated heterocycles. The standard InChI is InChI=1S/C14H15BrN2O2/c15-10-3-1-9(2-4-10)14(19)16-11-7-13(18)17(8-11)12-5-6-12/h1-4,11-12H,5-8H2,(H,16,19)/t11-/m1/s1. The van der Waals surface area contributed by atoms with E-state index in [-0.39, 0.29) is 17.9 Å². The van der Waals surface area contributed by atoms with E-state index in [2.05, 4.69) is 21.2 Å². The normalized spacial score (nSPS) is 22.7. The topological polar surface area (TPSA) is 49.4 Å². The first kappa shape index (κ1) is 12.7. The maximum absolute atomic E-state index is 12.1. The van der Waals surface area contributed by atoms with Gasteiger partial charge in [0.25, 0.3) is 5.91 Å². The van der Waals surface area contributed by atoms with Gasteiger partial charge in [-0.1, -0.05) is 15.9 Å². The van der Waals surface area contributed by atoms with Crippen LogP contribution in [-0.4, -0.2) is 35.3 Å². The van der Waals surface area contributed by atoms with E-state index in [1.807, 2.05) is 17.0 Å². The predicted octanol–water partition coefficient (Wildman–Crippen LogP) is 1.94. The molecule has 0 spiro atoms. The Morgan fingerprint density at radius 2 is 1.95 bits per heavy atom. The summed E-state index contributed by atoms with van der Waals surface area (Å²) in [4.78, 5) is 25.8. The van der Waals surface area contributed by atoms with Crippen molar-refractivity contribution in [1.82, 2.24) is 10.2 Å². The Morgan fingerprint density at radius 1 is 1.26 bits per heavy atom. The molecule has 5 heteroatoms. The predicted molar refractivity (Wildman–Crippen MR) is 74.7 cm³/mol. The van der Waals surface area contributed by atoms with Crippen molar-refractivity contribution in [2.75, 3.05) is 6.54 Å². The van der Waals surface area contributed by atoms with Crippen LogP contribution in [0.1, 0.15) is 29.6 Å². The average molecular weight is 323 g/mol. The zero-order chi connectivity index (χ0) is 13.4. The lowest BCUT2D eigenvalue weighted by molar-refractivity contribution is -0.128. The Bertz CT molecular complexity index is 511. The number of carbonyl (C=O) groups excluding carboxylic acids is 2. The lowest BCUT2D eigenvalue weighted by Gasteiger charge is -2.16. The van der Waals surface area contributed by atoms with Gasteiger partial charge in [-0.2, -0.15) is 0 Å². The molecule has 3 rings (SSSR count). The van der Waals surface area contributed by atoms with Gasteiger partial charge < -0.3 is 10.2 Å². The van der Waals surface area contributed by atoms with Crippen molar-refractivity contribution < 1.29 is 9.59 Å². The van der Waals surface area contributed by atoms with E-state index in [9.17, 15) is 9.59 Å². The van der Waals surface area contributed by atoms with E-state index in [1.54, 1.807) is 12.1 Å². The largest absolute Gasteiger partial charge is 0.347 e. The number of carbonyl (C=O) groups is 2. The van der Waals surface area contributed by atoms with Crippen LogP contribution in [0.4, 0.5) is 0 Å². The van der Waals surface area contributed by atoms with Crippen molar-refractivity contribution >= 4 is 27.7 Å². The van der Waals surface area contributed by atoms with Crippen LogP contribution in [0.15, 0.2) is 28.7 Å². The summed E-state index contributed by atoms with van der Waals surface area (Å²) in [6.45, 7) is 0.659. The average Bonchev–Trinajstić information content (AvgIpc) is 3.15. The number of nitrogens with one attached hydrogen (secondary N) is 1.